The van der Waals surface area contributed by atoms with Crippen LogP contribution in [0.15, 0.2) is 18.2 Å². The maximum Gasteiger partial charge on any atom is 0.126 e. The Morgan fingerprint density at radius 3 is 2.50 bits per heavy atom. The predicted octanol–water partition coefficient (Wildman–Crippen LogP) is 1.52. The molecule has 0 aromatic heterocycles. The first-order valence-electron chi connectivity index (χ1n) is 4.73. The highest BCUT2D eigenvalue weighted by atomic mass is 16.5. The van der Waals surface area contributed by atoms with E-state index in [2.05, 4.69) is 0 Å². The molecule has 2 rings (SSSR count). The fraction of sp³-hybridized carbons (Fsp3) is 0.455. The van der Waals surface area contributed by atoms with Crippen molar-refractivity contribution >= 4 is 0 Å². The van der Waals surface area contributed by atoms with Gasteiger partial charge in [0.15, 0.2) is 0 Å². The molecule has 1 aromatic rings. The molecule has 0 unspecified atom stereocenters. The third kappa shape index (κ3) is 1.55. The second-order valence-electron chi connectivity index (χ2n) is 3.61. The highest BCUT2D eigenvalue weighted by molar-refractivity contribution is 5.45. The van der Waals surface area contributed by atoms with Gasteiger partial charge in [0.05, 0.1) is 14.2 Å². The highest BCUT2D eigenvalue weighted by Crippen LogP contribution is 2.44. The largest absolute Gasteiger partial charge is 0.497 e. The van der Waals surface area contributed by atoms with Crippen LogP contribution in [0.5, 0.6) is 11.5 Å². The van der Waals surface area contributed by atoms with Crippen LogP contribution in [0, 0.1) is 0 Å². The van der Waals surface area contributed by atoms with Crippen LogP contribution in [0.4, 0.5) is 0 Å². The smallest absolute Gasteiger partial charge is 0.126 e. The summed E-state index contributed by atoms with van der Waals surface area (Å²) in [5.41, 5.74) is 7.00. The van der Waals surface area contributed by atoms with Crippen molar-refractivity contribution in [2.45, 2.75) is 18.4 Å². The number of nitrogens with two attached hydrogens (primary N) is 1. The lowest BCUT2D eigenvalue weighted by molar-refractivity contribution is 0.391. The summed E-state index contributed by atoms with van der Waals surface area (Å²) in [6, 6.07) is 6.19. The zero-order valence-corrected chi connectivity index (χ0v) is 8.49. The van der Waals surface area contributed by atoms with Gasteiger partial charge in [-0.1, -0.05) is 6.07 Å². The van der Waals surface area contributed by atoms with E-state index in [-0.39, 0.29) is 0 Å². The second kappa shape index (κ2) is 3.50. The van der Waals surface area contributed by atoms with Gasteiger partial charge < -0.3 is 15.2 Å². The summed E-state index contributed by atoms with van der Waals surface area (Å²) in [5.74, 6) is 2.16. The normalized spacial score (nSPS) is 24.5. The highest BCUT2D eigenvalue weighted by Gasteiger charge is 2.36. The molecule has 1 saturated carbocycles. The topological polar surface area (TPSA) is 44.5 Å². The van der Waals surface area contributed by atoms with Gasteiger partial charge in [-0.2, -0.15) is 0 Å². The van der Waals surface area contributed by atoms with Gasteiger partial charge >= 0.3 is 0 Å². The summed E-state index contributed by atoms with van der Waals surface area (Å²) in [7, 11) is 3.32. The third-order valence-corrected chi connectivity index (χ3v) is 2.68. The predicted molar refractivity (Wildman–Crippen MR) is 54.9 cm³/mol. The molecule has 1 fully saturated rings. The number of ether oxygens (including phenoxy) is 2. The summed E-state index contributed by atoms with van der Waals surface area (Å²) < 4.78 is 10.4. The molecule has 14 heavy (non-hydrogen) atoms. The van der Waals surface area contributed by atoms with Gasteiger partial charge in [-0.3, -0.25) is 0 Å². The van der Waals surface area contributed by atoms with Gasteiger partial charge in [-0.15, -0.1) is 0 Å². The number of hydrogen-bond donors (Lipinski definition) is 1. The summed E-state index contributed by atoms with van der Waals surface area (Å²) in [5, 5.41) is 0. The lowest BCUT2D eigenvalue weighted by Gasteiger charge is -2.09. The van der Waals surface area contributed by atoms with Crippen LogP contribution in [0.1, 0.15) is 17.9 Å². The van der Waals surface area contributed by atoms with E-state index in [9.17, 15) is 0 Å². The molecule has 3 heteroatoms. The van der Waals surface area contributed by atoms with E-state index in [0.717, 1.165) is 17.9 Å². The molecule has 1 aliphatic rings. The van der Waals surface area contributed by atoms with Crippen LogP contribution < -0.4 is 15.2 Å². The Labute approximate surface area is 83.8 Å². The van der Waals surface area contributed by atoms with Crippen molar-refractivity contribution in [3.63, 3.8) is 0 Å². The third-order valence-electron chi connectivity index (χ3n) is 2.68. The van der Waals surface area contributed by atoms with Crippen molar-refractivity contribution < 1.29 is 9.47 Å². The van der Waals surface area contributed by atoms with Crippen molar-refractivity contribution in [3.8, 4) is 11.5 Å². The van der Waals surface area contributed by atoms with E-state index in [1.165, 1.54) is 5.56 Å². The minimum atomic E-state index is 0.303. The quantitative estimate of drug-likeness (QED) is 0.791. The first-order valence-corrected chi connectivity index (χ1v) is 4.73. The first kappa shape index (κ1) is 9.34. The van der Waals surface area contributed by atoms with Gasteiger partial charge in [-0.25, -0.2) is 0 Å². The Kier molecular flexibility index (Phi) is 2.33. The molecule has 3 nitrogen and oxygen atoms in total. The van der Waals surface area contributed by atoms with Crippen molar-refractivity contribution in [1.29, 1.82) is 0 Å². The number of methoxy groups -OCH3 is 2. The molecular formula is C11H15NO2. The summed E-state index contributed by atoms with van der Waals surface area (Å²) in [6.07, 6.45) is 1.06. The van der Waals surface area contributed by atoms with Gasteiger partial charge in [0.25, 0.3) is 0 Å². The zero-order valence-electron chi connectivity index (χ0n) is 8.49. The van der Waals surface area contributed by atoms with Crippen LogP contribution in [0.3, 0.4) is 0 Å². The van der Waals surface area contributed by atoms with E-state index in [0.29, 0.717) is 12.0 Å². The second-order valence-corrected chi connectivity index (χ2v) is 3.61. The van der Waals surface area contributed by atoms with E-state index in [4.69, 9.17) is 15.2 Å². The monoisotopic (exact) mass is 193 g/mol. The van der Waals surface area contributed by atoms with Crippen LogP contribution in [0.2, 0.25) is 0 Å². The van der Waals surface area contributed by atoms with E-state index < -0.39 is 0 Å². The van der Waals surface area contributed by atoms with Gasteiger partial charge in [-0.05, 0) is 18.1 Å². The average Bonchev–Trinajstić information content (AvgIpc) is 2.94. The fourth-order valence-electron chi connectivity index (χ4n) is 1.70. The van der Waals surface area contributed by atoms with Crippen LogP contribution >= 0.6 is 0 Å². The Bertz CT molecular complexity index is 338. The standard InChI is InChI=1S/C11H15NO2/c1-13-7-3-4-8(9-6-10(9)12)11(5-7)14-2/h3-5,9-10H,6,12H2,1-2H3/t9-,10-/m0/s1. The van der Waals surface area contributed by atoms with Gasteiger partial charge in [0, 0.05) is 18.0 Å². The van der Waals surface area contributed by atoms with E-state index in [1.807, 2.05) is 18.2 Å². The van der Waals surface area contributed by atoms with E-state index >= 15 is 0 Å². The van der Waals surface area contributed by atoms with Crippen LogP contribution in [0.25, 0.3) is 0 Å². The Balaban J connectivity index is 2.30. The van der Waals surface area contributed by atoms with E-state index in [1.54, 1.807) is 14.2 Å². The Morgan fingerprint density at radius 2 is 2.00 bits per heavy atom. The molecule has 2 N–H and O–H groups in total. The molecule has 0 aliphatic heterocycles. The number of rotatable bonds is 3. The molecule has 0 heterocycles. The number of benzene rings is 1. The van der Waals surface area contributed by atoms with Gasteiger partial charge in [0.1, 0.15) is 11.5 Å². The van der Waals surface area contributed by atoms with Crippen molar-refractivity contribution in [1.82, 2.24) is 0 Å². The average molecular weight is 193 g/mol. The summed E-state index contributed by atoms with van der Waals surface area (Å²) >= 11 is 0. The number of hydrogen-bond acceptors (Lipinski definition) is 3. The van der Waals surface area contributed by atoms with Crippen molar-refractivity contribution in [3.05, 3.63) is 23.8 Å². The molecular weight excluding hydrogens is 178 g/mol. The maximum atomic E-state index is 5.81. The van der Waals surface area contributed by atoms with Crippen molar-refractivity contribution in [2.75, 3.05) is 14.2 Å². The molecule has 2 atom stereocenters. The van der Waals surface area contributed by atoms with Crippen LogP contribution in [-0.4, -0.2) is 20.3 Å². The first-order chi connectivity index (χ1) is 6.76. The molecule has 0 radical (unpaired) electrons. The lowest BCUT2D eigenvalue weighted by Crippen LogP contribution is -2.02. The molecule has 1 aliphatic carbocycles. The molecule has 0 spiro atoms. The zero-order chi connectivity index (χ0) is 10.1. The fourth-order valence-corrected chi connectivity index (χ4v) is 1.70. The lowest BCUT2D eigenvalue weighted by atomic mass is 10.1. The Morgan fingerprint density at radius 1 is 1.29 bits per heavy atom. The Hall–Kier alpha value is -1.22. The minimum absolute atomic E-state index is 0.303. The summed E-state index contributed by atoms with van der Waals surface area (Å²) in [4.78, 5) is 0. The minimum Gasteiger partial charge on any atom is -0.497 e. The molecule has 1 aromatic carbocycles. The van der Waals surface area contributed by atoms with Gasteiger partial charge in [0.2, 0.25) is 0 Å². The molecule has 76 valence electrons. The molecule has 0 amide bonds. The molecule has 0 saturated heterocycles. The SMILES string of the molecule is COc1ccc([C@@H]2C[C@@H]2N)c(OC)c1. The maximum absolute atomic E-state index is 5.81. The van der Waals surface area contributed by atoms with Crippen LogP contribution in [-0.2, 0) is 0 Å². The molecule has 0 bridgehead atoms. The van der Waals surface area contributed by atoms with Crippen molar-refractivity contribution in [2.24, 2.45) is 5.73 Å². The summed E-state index contributed by atoms with van der Waals surface area (Å²) in [6.45, 7) is 0.